The SMILES string of the molecule is COC(=O)[C@@]1(OCC[Si](C)(C)C)C[C@H](OC(C)=O)[C@@H](N(C(C)=O)C(C)=O)[C@H]([C@H](OC(C)=O)[C@H]2COC(c3ccccc3)O2)O1. The first-order chi connectivity index (χ1) is 20.6. The lowest BCUT2D eigenvalue weighted by molar-refractivity contribution is -0.318. The number of hydrogen-bond donors (Lipinski definition) is 0. The van der Waals surface area contributed by atoms with E-state index in [1.165, 1.54) is 6.92 Å². The highest BCUT2D eigenvalue weighted by molar-refractivity contribution is 6.76. The van der Waals surface area contributed by atoms with E-state index in [0.29, 0.717) is 11.6 Å². The van der Waals surface area contributed by atoms with Gasteiger partial charge in [-0.15, -0.1) is 0 Å². The van der Waals surface area contributed by atoms with Gasteiger partial charge in [-0.3, -0.25) is 24.1 Å². The van der Waals surface area contributed by atoms with Crippen LogP contribution in [0.2, 0.25) is 25.7 Å². The zero-order chi connectivity index (χ0) is 32.8. The van der Waals surface area contributed by atoms with Gasteiger partial charge in [-0.25, -0.2) is 4.79 Å². The van der Waals surface area contributed by atoms with Crippen molar-refractivity contribution in [3.05, 3.63) is 35.9 Å². The zero-order valence-electron chi connectivity index (χ0n) is 26.5. The first kappa shape index (κ1) is 35.3. The molecule has 0 aliphatic carbocycles. The smallest absolute Gasteiger partial charge is 0.366 e. The largest absolute Gasteiger partial charge is 0.465 e. The highest BCUT2D eigenvalue weighted by atomic mass is 28.3. The summed E-state index contributed by atoms with van der Waals surface area (Å²) in [4.78, 5) is 65.1. The number of rotatable bonds is 11. The number of nitrogens with zero attached hydrogens (tertiary/aromatic N) is 1. The normalized spacial score (nSPS) is 27.6. The van der Waals surface area contributed by atoms with Crippen LogP contribution in [0.15, 0.2) is 30.3 Å². The highest BCUT2D eigenvalue weighted by Crippen LogP contribution is 2.41. The van der Waals surface area contributed by atoms with Crippen molar-refractivity contribution < 1.29 is 57.1 Å². The molecule has 244 valence electrons. The Morgan fingerprint density at radius 3 is 2.16 bits per heavy atom. The molecule has 2 fully saturated rings. The molecule has 0 N–H and O–H groups in total. The van der Waals surface area contributed by atoms with Gasteiger partial charge in [-0.2, -0.15) is 0 Å². The highest BCUT2D eigenvalue weighted by Gasteiger charge is 2.61. The van der Waals surface area contributed by atoms with Gasteiger partial charge >= 0.3 is 17.9 Å². The van der Waals surface area contributed by atoms with Crippen LogP contribution >= 0.6 is 0 Å². The van der Waals surface area contributed by atoms with Gasteiger partial charge in [0.2, 0.25) is 11.8 Å². The number of esters is 3. The van der Waals surface area contributed by atoms with E-state index in [1.807, 2.05) is 18.2 Å². The Bertz CT molecular complexity index is 1190. The van der Waals surface area contributed by atoms with Gasteiger partial charge < -0.3 is 33.2 Å². The van der Waals surface area contributed by atoms with Crippen molar-refractivity contribution in [2.45, 2.75) is 102 Å². The van der Waals surface area contributed by atoms with Gasteiger partial charge in [0, 0.05) is 47.9 Å². The van der Waals surface area contributed by atoms with Crippen LogP contribution in [0, 0.1) is 0 Å². The molecule has 1 unspecified atom stereocenters. The summed E-state index contributed by atoms with van der Waals surface area (Å²) in [6, 6.07) is 8.33. The number of carbonyl (C=O) groups excluding carboxylic acids is 5. The summed E-state index contributed by atoms with van der Waals surface area (Å²) in [6.45, 7) is 11.0. The van der Waals surface area contributed by atoms with Crippen LogP contribution in [0.3, 0.4) is 0 Å². The Hall–Kier alpha value is -3.17. The standard InChI is InChI=1S/C30H43NO12Si/c1-18(32)31(19(2)33)25-23(40-20(3)34)16-30(29(36)37-5,39-14-15-44(6,7)8)43-27(25)26(41-21(4)35)24-17-38-28(42-24)22-12-10-9-11-13-22/h9-13,23-28H,14-17H2,1-8H3/t23-,24+,25+,26+,27+,28?,30+/m0/s1. The van der Waals surface area contributed by atoms with Gasteiger partial charge in [0.05, 0.1) is 20.1 Å². The molecule has 44 heavy (non-hydrogen) atoms. The molecule has 2 aliphatic rings. The fraction of sp³-hybridized carbons (Fsp3) is 0.633. The molecular weight excluding hydrogens is 594 g/mol. The average Bonchev–Trinajstić information content (AvgIpc) is 3.41. The molecule has 1 aromatic rings. The van der Waals surface area contributed by atoms with Crippen molar-refractivity contribution in [1.29, 1.82) is 0 Å². The maximum absolute atomic E-state index is 13.5. The number of hydrogen-bond acceptors (Lipinski definition) is 12. The summed E-state index contributed by atoms with van der Waals surface area (Å²) in [7, 11) is -0.518. The number of benzene rings is 1. The van der Waals surface area contributed by atoms with E-state index in [-0.39, 0.29) is 13.2 Å². The lowest BCUT2D eigenvalue weighted by Crippen LogP contribution is -2.70. The topological polar surface area (TPSA) is 153 Å². The number of amides is 2. The third-order valence-corrected chi connectivity index (χ3v) is 8.97. The van der Waals surface area contributed by atoms with Crippen molar-refractivity contribution in [1.82, 2.24) is 4.90 Å². The second-order valence-corrected chi connectivity index (χ2v) is 17.7. The zero-order valence-corrected chi connectivity index (χ0v) is 27.5. The van der Waals surface area contributed by atoms with Crippen molar-refractivity contribution in [2.75, 3.05) is 20.3 Å². The summed E-state index contributed by atoms with van der Waals surface area (Å²) in [6.07, 6.45) is -6.42. The molecule has 1 aromatic carbocycles. The van der Waals surface area contributed by atoms with E-state index in [1.54, 1.807) is 12.1 Å². The quantitative estimate of drug-likeness (QED) is 0.199. The van der Waals surface area contributed by atoms with Gasteiger partial charge in [0.15, 0.2) is 12.4 Å². The van der Waals surface area contributed by atoms with Crippen LogP contribution in [0.4, 0.5) is 0 Å². The summed E-state index contributed by atoms with van der Waals surface area (Å²) in [5, 5.41) is 0. The second kappa shape index (κ2) is 14.7. The molecule has 0 spiro atoms. The summed E-state index contributed by atoms with van der Waals surface area (Å²) in [5.41, 5.74) is 0.697. The van der Waals surface area contributed by atoms with E-state index in [9.17, 15) is 24.0 Å². The minimum Gasteiger partial charge on any atom is -0.465 e. The lowest BCUT2D eigenvalue weighted by Gasteiger charge is -2.50. The molecule has 13 nitrogen and oxygen atoms in total. The third kappa shape index (κ3) is 8.72. The molecular formula is C30H43NO12Si. The van der Waals surface area contributed by atoms with E-state index >= 15 is 0 Å². The van der Waals surface area contributed by atoms with E-state index < -0.39 is 86.8 Å². The summed E-state index contributed by atoms with van der Waals surface area (Å²) in [5.74, 6) is -5.94. The Morgan fingerprint density at radius 2 is 1.64 bits per heavy atom. The van der Waals surface area contributed by atoms with Crippen molar-refractivity contribution in [3.63, 3.8) is 0 Å². The number of imide groups is 1. The molecule has 2 aliphatic heterocycles. The molecule has 0 bridgehead atoms. The van der Waals surface area contributed by atoms with Gasteiger partial charge in [0.25, 0.3) is 5.79 Å². The number of ether oxygens (including phenoxy) is 7. The van der Waals surface area contributed by atoms with Gasteiger partial charge in [0.1, 0.15) is 24.4 Å². The first-order valence-electron chi connectivity index (χ1n) is 14.5. The van der Waals surface area contributed by atoms with Crippen LogP contribution in [0.1, 0.15) is 46.0 Å². The third-order valence-electron chi connectivity index (χ3n) is 7.27. The lowest BCUT2D eigenvalue weighted by atomic mass is 9.86. The van der Waals surface area contributed by atoms with Crippen molar-refractivity contribution in [2.24, 2.45) is 0 Å². The van der Waals surface area contributed by atoms with Gasteiger partial charge in [-0.05, 0) is 6.04 Å². The Morgan fingerprint density at radius 1 is 1.00 bits per heavy atom. The maximum atomic E-state index is 13.5. The summed E-state index contributed by atoms with van der Waals surface area (Å²) < 4.78 is 41.2. The van der Waals surface area contributed by atoms with Crippen LogP contribution in [-0.2, 0) is 57.1 Å². The monoisotopic (exact) mass is 637 g/mol. The predicted octanol–water partition coefficient (Wildman–Crippen LogP) is 2.74. The van der Waals surface area contributed by atoms with E-state index in [2.05, 4.69) is 19.6 Å². The average molecular weight is 638 g/mol. The van der Waals surface area contributed by atoms with Crippen LogP contribution < -0.4 is 0 Å². The van der Waals surface area contributed by atoms with E-state index in [0.717, 1.165) is 32.8 Å². The number of methoxy groups -OCH3 is 1. The Balaban J connectivity index is 2.17. The number of carbonyl (C=O) groups is 5. The molecule has 2 amide bonds. The Kier molecular flexibility index (Phi) is 11.8. The maximum Gasteiger partial charge on any atom is 0.366 e. The minimum atomic E-state index is -2.15. The van der Waals surface area contributed by atoms with Crippen LogP contribution in [-0.4, -0.2) is 99.3 Å². The minimum absolute atomic E-state index is 0.0792. The molecule has 2 saturated heterocycles. The van der Waals surface area contributed by atoms with Crippen molar-refractivity contribution >= 4 is 37.8 Å². The molecule has 2 heterocycles. The molecule has 0 aromatic heterocycles. The molecule has 0 radical (unpaired) electrons. The first-order valence-corrected chi connectivity index (χ1v) is 18.2. The second-order valence-electron chi connectivity index (χ2n) is 12.1. The fourth-order valence-electron chi connectivity index (χ4n) is 5.36. The fourth-order valence-corrected chi connectivity index (χ4v) is 6.07. The van der Waals surface area contributed by atoms with E-state index in [4.69, 9.17) is 33.2 Å². The molecule has 3 rings (SSSR count). The predicted molar refractivity (Wildman–Crippen MR) is 156 cm³/mol. The van der Waals surface area contributed by atoms with Crippen LogP contribution in [0.5, 0.6) is 0 Å². The molecule has 7 atom stereocenters. The van der Waals surface area contributed by atoms with Crippen molar-refractivity contribution in [3.8, 4) is 0 Å². The molecule has 14 heteroatoms. The van der Waals surface area contributed by atoms with Gasteiger partial charge in [-0.1, -0.05) is 50.0 Å². The Labute approximate surface area is 258 Å². The molecule has 0 saturated carbocycles. The van der Waals surface area contributed by atoms with Crippen LogP contribution in [0.25, 0.3) is 0 Å². The summed E-state index contributed by atoms with van der Waals surface area (Å²) >= 11 is 0.